The molecular formula is C10H17N3O4S. The lowest BCUT2D eigenvalue weighted by molar-refractivity contribution is 0.164. The molecule has 2 heterocycles. The maximum atomic E-state index is 12.0. The number of hydrogen-bond donors (Lipinski definition) is 2. The molecule has 1 aliphatic rings. The first-order chi connectivity index (χ1) is 8.62. The molecule has 0 saturated carbocycles. The van der Waals surface area contributed by atoms with E-state index in [-0.39, 0.29) is 19.1 Å². The summed E-state index contributed by atoms with van der Waals surface area (Å²) in [6.07, 6.45) is 3.10. The SMILES string of the molecule is O=S(=O)(NCc1ccno1)N1CCCC(CO)C1. The van der Waals surface area contributed by atoms with Crippen molar-refractivity contribution in [1.82, 2.24) is 14.2 Å². The predicted molar refractivity (Wildman–Crippen MR) is 63.6 cm³/mol. The van der Waals surface area contributed by atoms with E-state index in [4.69, 9.17) is 9.63 Å². The Hall–Kier alpha value is -0.960. The van der Waals surface area contributed by atoms with Crippen molar-refractivity contribution in [2.75, 3.05) is 19.7 Å². The Kier molecular flexibility index (Phi) is 4.33. The highest BCUT2D eigenvalue weighted by molar-refractivity contribution is 7.87. The second-order valence-corrected chi connectivity index (χ2v) is 6.11. The highest BCUT2D eigenvalue weighted by atomic mass is 32.2. The molecule has 7 nitrogen and oxygen atoms in total. The van der Waals surface area contributed by atoms with E-state index in [1.807, 2.05) is 0 Å². The van der Waals surface area contributed by atoms with Crippen LogP contribution in [0.15, 0.2) is 16.8 Å². The molecule has 0 radical (unpaired) electrons. The minimum atomic E-state index is -3.52. The minimum absolute atomic E-state index is 0.0219. The topological polar surface area (TPSA) is 95.7 Å². The number of piperidine rings is 1. The number of nitrogens with zero attached hydrogens (tertiary/aromatic N) is 2. The molecule has 1 aromatic rings. The van der Waals surface area contributed by atoms with E-state index in [9.17, 15) is 8.42 Å². The highest BCUT2D eigenvalue weighted by Gasteiger charge is 2.28. The summed E-state index contributed by atoms with van der Waals surface area (Å²) < 4.78 is 32.7. The van der Waals surface area contributed by atoms with E-state index in [1.165, 1.54) is 10.5 Å². The molecule has 1 atom stereocenters. The summed E-state index contributed by atoms with van der Waals surface area (Å²) in [5, 5.41) is 12.6. The van der Waals surface area contributed by atoms with Crippen molar-refractivity contribution in [3.63, 3.8) is 0 Å². The zero-order chi connectivity index (χ0) is 13.0. The third-order valence-electron chi connectivity index (χ3n) is 3.00. The average Bonchev–Trinajstić information content (AvgIpc) is 2.90. The molecule has 102 valence electrons. The lowest BCUT2D eigenvalue weighted by Gasteiger charge is -2.30. The van der Waals surface area contributed by atoms with Crippen molar-refractivity contribution in [3.05, 3.63) is 18.0 Å². The molecule has 1 unspecified atom stereocenters. The molecule has 0 spiro atoms. The van der Waals surface area contributed by atoms with Crippen LogP contribution < -0.4 is 4.72 Å². The van der Waals surface area contributed by atoms with Gasteiger partial charge in [-0.05, 0) is 18.8 Å². The molecule has 1 fully saturated rings. The van der Waals surface area contributed by atoms with Gasteiger partial charge in [-0.2, -0.15) is 17.4 Å². The summed E-state index contributed by atoms with van der Waals surface area (Å²) in [5.41, 5.74) is 0. The Labute approximate surface area is 106 Å². The molecule has 8 heteroatoms. The van der Waals surface area contributed by atoms with Gasteiger partial charge in [0.25, 0.3) is 10.2 Å². The normalized spacial score (nSPS) is 22.2. The predicted octanol–water partition coefficient (Wildman–Crippen LogP) is -0.287. The van der Waals surface area contributed by atoms with Crippen molar-refractivity contribution in [2.24, 2.45) is 5.92 Å². The fraction of sp³-hybridized carbons (Fsp3) is 0.700. The van der Waals surface area contributed by atoms with Crippen molar-refractivity contribution < 1.29 is 18.0 Å². The highest BCUT2D eigenvalue weighted by Crippen LogP contribution is 2.18. The van der Waals surface area contributed by atoms with Crippen molar-refractivity contribution in [3.8, 4) is 0 Å². The summed E-state index contributed by atoms with van der Waals surface area (Å²) in [6.45, 7) is 0.960. The molecule has 1 saturated heterocycles. The van der Waals surface area contributed by atoms with Crippen LogP contribution in [0, 0.1) is 5.92 Å². The van der Waals surface area contributed by atoms with E-state index in [2.05, 4.69) is 9.88 Å². The van der Waals surface area contributed by atoms with Gasteiger partial charge in [-0.3, -0.25) is 0 Å². The second-order valence-electron chi connectivity index (χ2n) is 4.35. The second kappa shape index (κ2) is 5.79. The Morgan fingerprint density at radius 3 is 3.11 bits per heavy atom. The van der Waals surface area contributed by atoms with Crippen LogP contribution in [0.2, 0.25) is 0 Å². The van der Waals surface area contributed by atoms with Crippen LogP contribution in [-0.2, 0) is 16.8 Å². The number of rotatable bonds is 5. The van der Waals surface area contributed by atoms with Gasteiger partial charge >= 0.3 is 0 Å². The van der Waals surface area contributed by atoms with Crippen molar-refractivity contribution in [1.29, 1.82) is 0 Å². The van der Waals surface area contributed by atoms with Crippen LogP contribution >= 0.6 is 0 Å². The molecule has 0 bridgehead atoms. The quantitative estimate of drug-likeness (QED) is 0.770. The zero-order valence-electron chi connectivity index (χ0n) is 9.95. The van der Waals surface area contributed by atoms with Crippen molar-refractivity contribution in [2.45, 2.75) is 19.4 Å². The van der Waals surface area contributed by atoms with Gasteiger partial charge in [-0.25, -0.2) is 0 Å². The van der Waals surface area contributed by atoms with Crippen LogP contribution in [0.1, 0.15) is 18.6 Å². The Bertz CT molecular complexity index is 459. The molecule has 0 aromatic carbocycles. The number of aliphatic hydroxyl groups is 1. The molecule has 0 aliphatic carbocycles. The first-order valence-corrected chi connectivity index (χ1v) is 7.31. The maximum Gasteiger partial charge on any atom is 0.279 e. The number of aromatic nitrogens is 1. The van der Waals surface area contributed by atoms with Gasteiger partial charge in [-0.1, -0.05) is 5.16 Å². The van der Waals surface area contributed by atoms with Crippen LogP contribution in [0.25, 0.3) is 0 Å². The molecular weight excluding hydrogens is 258 g/mol. The summed E-state index contributed by atoms with van der Waals surface area (Å²) >= 11 is 0. The van der Waals surface area contributed by atoms with Gasteiger partial charge in [0.2, 0.25) is 0 Å². The Morgan fingerprint density at radius 1 is 1.61 bits per heavy atom. The van der Waals surface area contributed by atoms with Gasteiger partial charge in [0.1, 0.15) is 0 Å². The smallest absolute Gasteiger partial charge is 0.279 e. The number of aliphatic hydroxyl groups excluding tert-OH is 1. The van der Waals surface area contributed by atoms with Gasteiger partial charge in [0.05, 0.1) is 12.7 Å². The molecule has 2 rings (SSSR count). The summed E-state index contributed by atoms with van der Waals surface area (Å²) in [5.74, 6) is 0.495. The third kappa shape index (κ3) is 3.29. The molecule has 1 aromatic heterocycles. The number of hydrogen-bond acceptors (Lipinski definition) is 5. The van der Waals surface area contributed by atoms with Crippen LogP contribution in [-0.4, -0.2) is 42.7 Å². The Morgan fingerprint density at radius 2 is 2.44 bits per heavy atom. The Balaban J connectivity index is 1.93. The van der Waals surface area contributed by atoms with Gasteiger partial charge in [-0.15, -0.1) is 0 Å². The van der Waals surface area contributed by atoms with E-state index in [0.29, 0.717) is 18.8 Å². The maximum absolute atomic E-state index is 12.0. The molecule has 18 heavy (non-hydrogen) atoms. The van der Waals surface area contributed by atoms with Gasteiger partial charge < -0.3 is 9.63 Å². The summed E-state index contributed by atoms with van der Waals surface area (Å²) in [7, 11) is -3.52. The summed E-state index contributed by atoms with van der Waals surface area (Å²) in [4.78, 5) is 0. The first-order valence-electron chi connectivity index (χ1n) is 5.87. The fourth-order valence-corrected chi connectivity index (χ4v) is 3.26. The largest absolute Gasteiger partial charge is 0.396 e. The molecule has 0 amide bonds. The van der Waals surface area contributed by atoms with Crippen LogP contribution in [0.3, 0.4) is 0 Å². The van der Waals surface area contributed by atoms with E-state index < -0.39 is 10.2 Å². The van der Waals surface area contributed by atoms with Gasteiger partial charge in [0.15, 0.2) is 5.76 Å². The fourth-order valence-electron chi connectivity index (χ4n) is 1.98. The lowest BCUT2D eigenvalue weighted by atomic mass is 10.0. The lowest BCUT2D eigenvalue weighted by Crippen LogP contribution is -2.46. The van der Waals surface area contributed by atoms with E-state index >= 15 is 0 Å². The standard InChI is InChI=1S/C10H17N3O4S/c14-8-9-2-1-5-13(7-9)18(15,16)12-6-10-3-4-11-17-10/h3-4,9,12,14H,1-2,5-8H2. The van der Waals surface area contributed by atoms with E-state index in [1.54, 1.807) is 6.07 Å². The van der Waals surface area contributed by atoms with Crippen molar-refractivity contribution >= 4 is 10.2 Å². The first kappa shape index (κ1) is 13.5. The molecule has 2 N–H and O–H groups in total. The third-order valence-corrected chi connectivity index (χ3v) is 4.52. The average molecular weight is 275 g/mol. The van der Waals surface area contributed by atoms with E-state index in [0.717, 1.165) is 12.8 Å². The molecule has 1 aliphatic heterocycles. The van der Waals surface area contributed by atoms with Crippen LogP contribution in [0.5, 0.6) is 0 Å². The zero-order valence-corrected chi connectivity index (χ0v) is 10.8. The minimum Gasteiger partial charge on any atom is -0.396 e. The van der Waals surface area contributed by atoms with Gasteiger partial charge in [0, 0.05) is 25.8 Å². The van der Waals surface area contributed by atoms with Crippen LogP contribution in [0.4, 0.5) is 0 Å². The number of nitrogens with one attached hydrogen (secondary N) is 1. The monoisotopic (exact) mass is 275 g/mol. The summed E-state index contributed by atoms with van der Waals surface area (Å²) in [6, 6.07) is 1.61.